The van der Waals surface area contributed by atoms with E-state index in [-0.39, 0.29) is 0 Å². The van der Waals surface area contributed by atoms with Gasteiger partial charge >= 0.3 is 0 Å². The van der Waals surface area contributed by atoms with E-state index in [1.807, 2.05) is 50.2 Å². The lowest BCUT2D eigenvalue weighted by atomic mass is 10.1. The molecule has 0 aliphatic heterocycles. The summed E-state index contributed by atoms with van der Waals surface area (Å²) in [6.45, 7) is 3.19. The number of aromatic nitrogens is 7. The van der Waals surface area contributed by atoms with E-state index in [4.69, 9.17) is 14.7 Å². The highest BCUT2D eigenvalue weighted by Crippen LogP contribution is 2.32. The molecule has 1 aromatic carbocycles. The predicted octanol–water partition coefficient (Wildman–Crippen LogP) is 5.01. The Morgan fingerprint density at radius 3 is 2.66 bits per heavy atom. The van der Waals surface area contributed by atoms with Crippen LogP contribution in [0.15, 0.2) is 61.1 Å². The molecule has 0 unspecified atom stereocenters. The minimum absolute atomic E-state index is 0.405. The van der Waals surface area contributed by atoms with E-state index in [1.54, 1.807) is 24.7 Å². The fourth-order valence-corrected chi connectivity index (χ4v) is 4.33. The Bertz CT molecular complexity index is 1770. The standard InChI is InChI=1S/C28H25FN8O/c1-16-6-8-30-15-20(16)21-4-5-23-26(32-21)27(36-35-23)28-33-22-7-9-31-24(25(22)34-28)17-12-18(29)14-19(13-17)38-11-10-37(2)3/h4-9,12-15H,10-11H2,1-3H3,(H,33,34)(H,35,36). The molecule has 6 rings (SSSR count). The zero-order chi connectivity index (χ0) is 26.2. The Balaban J connectivity index is 1.41. The van der Waals surface area contributed by atoms with Gasteiger partial charge in [0.05, 0.1) is 22.4 Å². The van der Waals surface area contributed by atoms with Gasteiger partial charge < -0.3 is 14.6 Å². The molecule has 0 saturated carbocycles. The van der Waals surface area contributed by atoms with Gasteiger partial charge in [-0.15, -0.1) is 0 Å². The lowest BCUT2D eigenvalue weighted by molar-refractivity contribution is 0.260. The van der Waals surface area contributed by atoms with Crippen molar-refractivity contribution in [3.63, 3.8) is 0 Å². The Morgan fingerprint density at radius 1 is 0.947 bits per heavy atom. The second-order valence-corrected chi connectivity index (χ2v) is 9.32. The molecule has 0 spiro atoms. The number of halogens is 1. The van der Waals surface area contributed by atoms with Crippen molar-refractivity contribution in [2.75, 3.05) is 27.2 Å². The number of nitrogens with one attached hydrogen (secondary N) is 2. The van der Waals surface area contributed by atoms with Crippen molar-refractivity contribution in [3.05, 3.63) is 72.4 Å². The summed E-state index contributed by atoms with van der Waals surface area (Å²) in [7, 11) is 3.91. The quantitative estimate of drug-likeness (QED) is 0.312. The molecule has 0 aliphatic carbocycles. The molecule has 2 N–H and O–H groups in total. The second kappa shape index (κ2) is 9.64. The van der Waals surface area contributed by atoms with Crippen LogP contribution in [0.4, 0.5) is 4.39 Å². The number of hydrogen-bond donors (Lipinski definition) is 2. The van der Waals surface area contributed by atoms with Crippen LogP contribution >= 0.6 is 0 Å². The molecule has 0 saturated heterocycles. The molecule has 0 atom stereocenters. The van der Waals surface area contributed by atoms with E-state index >= 15 is 0 Å². The minimum atomic E-state index is -0.405. The fourth-order valence-electron chi connectivity index (χ4n) is 4.33. The van der Waals surface area contributed by atoms with E-state index in [1.165, 1.54) is 12.1 Å². The van der Waals surface area contributed by atoms with E-state index in [9.17, 15) is 4.39 Å². The number of rotatable bonds is 7. The van der Waals surface area contributed by atoms with Gasteiger partial charge in [-0.25, -0.2) is 14.4 Å². The van der Waals surface area contributed by atoms with Crippen molar-refractivity contribution in [2.24, 2.45) is 0 Å². The van der Waals surface area contributed by atoms with Crippen LogP contribution in [0, 0.1) is 12.7 Å². The minimum Gasteiger partial charge on any atom is -0.492 e. The van der Waals surface area contributed by atoms with Gasteiger partial charge in [0.2, 0.25) is 0 Å². The van der Waals surface area contributed by atoms with E-state index in [2.05, 4.69) is 25.1 Å². The number of benzene rings is 1. The average Bonchev–Trinajstić information content (AvgIpc) is 3.52. The summed E-state index contributed by atoms with van der Waals surface area (Å²) < 4.78 is 20.3. The molecule has 0 fully saturated rings. The summed E-state index contributed by atoms with van der Waals surface area (Å²) in [4.78, 5) is 23.8. The van der Waals surface area contributed by atoms with Crippen molar-refractivity contribution in [1.82, 2.24) is 40.0 Å². The Labute approximate surface area is 217 Å². The summed E-state index contributed by atoms with van der Waals surface area (Å²) >= 11 is 0. The Morgan fingerprint density at radius 2 is 1.82 bits per heavy atom. The molecular weight excluding hydrogens is 483 g/mol. The lowest BCUT2D eigenvalue weighted by Gasteiger charge is -2.12. The summed E-state index contributed by atoms with van der Waals surface area (Å²) in [6.07, 6.45) is 5.24. The van der Waals surface area contributed by atoms with Crippen LogP contribution in [-0.2, 0) is 0 Å². The normalized spacial score (nSPS) is 11.6. The van der Waals surface area contributed by atoms with Gasteiger partial charge in [0.1, 0.15) is 29.2 Å². The maximum atomic E-state index is 14.5. The number of fused-ring (bicyclic) bond motifs is 2. The van der Waals surface area contributed by atoms with Crippen LogP contribution in [0.2, 0.25) is 0 Å². The summed E-state index contributed by atoms with van der Waals surface area (Å²) in [5.41, 5.74) is 7.35. The van der Waals surface area contributed by atoms with E-state index < -0.39 is 5.82 Å². The van der Waals surface area contributed by atoms with Crippen LogP contribution in [0.3, 0.4) is 0 Å². The number of H-pyrrole nitrogens is 2. The molecule has 5 aromatic heterocycles. The highest BCUT2D eigenvalue weighted by atomic mass is 19.1. The van der Waals surface area contributed by atoms with Crippen LogP contribution in [0.5, 0.6) is 5.75 Å². The van der Waals surface area contributed by atoms with Crippen molar-refractivity contribution >= 4 is 22.1 Å². The highest BCUT2D eigenvalue weighted by Gasteiger charge is 2.18. The second-order valence-electron chi connectivity index (χ2n) is 9.32. The third-order valence-electron chi connectivity index (χ3n) is 6.30. The summed E-state index contributed by atoms with van der Waals surface area (Å²) in [6, 6.07) is 12.3. The molecular formula is C28H25FN8O. The number of imidazole rings is 1. The molecule has 0 amide bonds. The molecule has 10 heteroatoms. The van der Waals surface area contributed by atoms with Gasteiger partial charge in [0.15, 0.2) is 11.5 Å². The van der Waals surface area contributed by atoms with Gasteiger partial charge in [-0.2, -0.15) is 5.10 Å². The number of pyridine rings is 3. The van der Waals surface area contributed by atoms with Crippen molar-refractivity contribution in [2.45, 2.75) is 6.92 Å². The molecule has 6 aromatic rings. The number of aryl methyl sites for hydroxylation is 1. The van der Waals surface area contributed by atoms with Crippen LogP contribution < -0.4 is 4.74 Å². The number of ether oxygens (including phenoxy) is 1. The van der Waals surface area contributed by atoms with Crippen LogP contribution in [0.25, 0.3) is 56.1 Å². The number of aromatic amines is 2. The van der Waals surface area contributed by atoms with Crippen molar-refractivity contribution in [1.29, 1.82) is 0 Å². The molecule has 9 nitrogen and oxygen atoms in total. The topological polar surface area (TPSA) is 108 Å². The first-order valence-corrected chi connectivity index (χ1v) is 12.2. The summed E-state index contributed by atoms with van der Waals surface area (Å²) in [5.74, 6) is 0.571. The highest BCUT2D eigenvalue weighted by molar-refractivity contribution is 5.95. The lowest BCUT2D eigenvalue weighted by Crippen LogP contribution is -2.19. The van der Waals surface area contributed by atoms with Gasteiger partial charge in [-0.3, -0.25) is 15.1 Å². The van der Waals surface area contributed by atoms with Crippen LogP contribution in [-0.4, -0.2) is 67.3 Å². The molecule has 0 aliphatic rings. The largest absolute Gasteiger partial charge is 0.492 e. The van der Waals surface area contributed by atoms with Gasteiger partial charge in [-0.1, -0.05) is 0 Å². The number of hydrogen-bond acceptors (Lipinski definition) is 7. The number of likely N-dealkylation sites (N-methyl/N-ethyl adjacent to an activating group) is 1. The van der Waals surface area contributed by atoms with E-state index in [0.717, 1.165) is 34.4 Å². The van der Waals surface area contributed by atoms with Crippen LogP contribution in [0.1, 0.15) is 5.56 Å². The molecule has 38 heavy (non-hydrogen) atoms. The maximum Gasteiger partial charge on any atom is 0.161 e. The molecule has 5 heterocycles. The van der Waals surface area contributed by atoms with Gasteiger partial charge in [0.25, 0.3) is 0 Å². The molecule has 190 valence electrons. The maximum absolute atomic E-state index is 14.5. The average molecular weight is 509 g/mol. The van der Waals surface area contributed by atoms with Crippen molar-refractivity contribution < 1.29 is 9.13 Å². The van der Waals surface area contributed by atoms with Gasteiger partial charge in [0, 0.05) is 42.3 Å². The fraction of sp³-hybridized carbons (Fsp3) is 0.179. The third-order valence-corrected chi connectivity index (χ3v) is 6.30. The Hall–Kier alpha value is -4.70. The summed E-state index contributed by atoms with van der Waals surface area (Å²) in [5, 5.41) is 7.53. The first-order chi connectivity index (χ1) is 18.5. The van der Waals surface area contributed by atoms with Crippen molar-refractivity contribution in [3.8, 4) is 39.8 Å². The monoisotopic (exact) mass is 508 g/mol. The van der Waals surface area contributed by atoms with Gasteiger partial charge in [-0.05, 0) is 63.0 Å². The Kier molecular flexibility index (Phi) is 6.01. The number of nitrogens with zero attached hydrogens (tertiary/aromatic N) is 6. The van der Waals surface area contributed by atoms with E-state index in [0.29, 0.717) is 46.2 Å². The first-order valence-electron chi connectivity index (χ1n) is 12.2. The SMILES string of the molecule is Cc1ccncc1-c1ccc2[nH]nc(-c3nc4c(-c5cc(F)cc(OCCN(C)C)c5)nccc4[nH]3)c2n1. The molecule has 0 radical (unpaired) electrons. The zero-order valence-corrected chi connectivity index (χ0v) is 21.2. The predicted molar refractivity (Wildman–Crippen MR) is 144 cm³/mol. The smallest absolute Gasteiger partial charge is 0.161 e. The molecule has 0 bridgehead atoms. The zero-order valence-electron chi connectivity index (χ0n) is 21.2. The first kappa shape index (κ1) is 23.7. The third kappa shape index (κ3) is 4.46.